The molecule has 0 spiro atoms. The second-order valence-corrected chi connectivity index (χ2v) is 6.83. The molecule has 0 aliphatic heterocycles. The second kappa shape index (κ2) is 11.1. The highest BCUT2D eigenvalue weighted by molar-refractivity contribution is 6.12. The van der Waals surface area contributed by atoms with Crippen LogP contribution in [0.1, 0.15) is 26.3 Å². The van der Waals surface area contributed by atoms with Gasteiger partial charge in [0.05, 0.1) is 31.0 Å². The summed E-state index contributed by atoms with van der Waals surface area (Å²) in [6.07, 6.45) is 1.35. The van der Waals surface area contributed by atoms with Gasteiger partial charge in [-0.05, 0) is 48.0 Å². The van der Waals surface area contributed by atoms with Gasteiger partial charge in [-0.3, -0.25) is 4.79 Å². The summed E-state index contributed by atoms with van der Waals surface area (Å²) in [5, 5.41) is 12.1. The molecule has 0 saturated carbocycles. The summed E-state index contributed by atoms with van der Waals surface area (Å²) in [5.74, 6) is -1.46. The van der Waals surface area contributed by atoms with E-state index >= 15 is 0 Å². The summed E-state index contributed by atoms with van der Waals surface area (Å²) in [7, 11) is 2.64. The van der Waals surface area contributed by atoms with Crippen LogP contribution in [0.5, 0.6) is 11.5 Å². The van der Waals surface area contributed by atoms with Crippen molar-refractivity contribution in [2.45, 2.75) is 0 Å². The Morgan fingerprint density at radius 3 is 2.26 bits per heavy atom. The number of rotatable bonds is 7. The average molecular weight is 456 g/mol. The zero-order chi connectivity index (χ0) is 24.5. The number of hydrogen-bond donors (Lipinski definition) is 1. The van der Waals surface area contributed by atoms with E-state index in [-0.39, 0.29) is 28.3 Å². The lowest BCUT2D eigenvalue weighted by Crippen LogP contribution is -2.16. The summed E-state index contributed by atoms with van der Waals surface area (Å²) < 4.78 is 15.4. The third-order valence-corrected chi connectivity index (χ3v) is 4.66. The molecule has 8 heteroatoms. The maximum atomic E-state index is 12.7. The number of carbonyl (C=O) groups is 3. The zero-order valence-corrected chi connectivity index (χ0v) is 18.4. The fraction of sp³-hybridized carbons (Fsp3) is 0.0769. The lowest BCUT2D eigenvalue weighted by molar-refractivity contribution is -0.112. The first-order chi connectivity index (χ1) is 16.5. The van der Waals surface area contributed by atoms with Crippen LogP contribution in [0, 0.1) is 11.3 Å². The van der Waals surface area contributed by atoms with Crippen LogP contribution in [0.15, 0.2) is 78.4 Å². The molecular formula is C26H20N2O6. The van der Waals surface area contributed by atoms with Crippen LogP contribution in [0.4, 0.5) is 5.69 Å². The van der Waals surface area contributed by atoms with Gasteiger partial charge >= 0.3 is 11.9 Å². The van der Waals surface area contributed by atoms with Gasteiger partial charge in [0, 0.05) is 0 Å². The number of para-hydroxylation sites is 1. The van der Waals surface area contributed by atoms with Crippen LogP contribution in [0.2, 0.25) is 0 Å². The number of amides is 1. The number of benzene rings is 3. The molecule has 3 aromatic carbocycles. The van der Waals surface area contributed by atoms with E-state index in [0.717, 1.165) is 0 Å². The number of nitrogens with zero attached hydrogens (tertiary/aromatic N) is 1. The maximum Gasteiger partial charge on any atom is 0.343 e. The van der Waals surface area contributed by atoms with Gasteiger partial charge in [-0.15, -0.1) is 0 Å². The van der Waals surface area contributed by atoms with Crippen molar-refractivity contribution in [3.05, 3.63) is 95.1 Å². The Kier molecular flexibility index (Phi) is 7.76. The van der Waals surface area contributed by atoms with Crippen molar-refractivity contribution in [2.75, 3.05) is 19.5 Å². The molecule has 0 radical (unpaired) electrons. The highest BCUT2D eigenvalue weighted by atomic mass is 16.6. The first kappa shape index (κ1) is 23.8. The molecule has 0 aliphatic carbocycles. The summed E-state index contributed by atoms with van der Waals surface area (Å²) in [4.78, 5) is 36.9. The molecule has 0 unspecified atom stereocenters. The molecule has 0 heterocycles. The summed E-state index contributed by atoms with van der Waals surface area (Å²) in [6.45, 7) is 0. The van der Waals surface area contributed by atoms with E-state index in [2.05, 4.69) is 5.32 Å². The number of nitriles is 1. The van der Waals surface area contributed by atoms with Gasteiger partial charge in [0.1, 0.15) is 11.6 Å². The largest absolute Gasteiger partial charge is 0.493 e. The van der Waals surface area contributed by atoms with Crippen LogP contribution in [0.3, 0.4) is 0 Å². The van der Waals surface area contributed by atoms with Gasteiger partial charge < -0.3 is 19.5 Å². The molecule has 1 amide bonds. The van der Waals surface area contributed by atoms with E-state index in [9.17, 15) is 19.6 Å². The number of nitrogens with one attached hydrogen (secondary N) is 1. The lowest BCUT2D eigenvalue weighted by Gasteiger charge is -2.11. The van der Waals surface area contributed by atoms with E-state index < -0.39 is 17.8 Å². The lowest BCUT2D eigenvalue weighted by atomic mass is 10.1. The molecule has 170 valence electrons. The van der Waals surface area contributed by atoms with Crippen molar-refractivity contribution in [3.8, 4) is 17.6 Å². The third kappa shape index (κ3) is 5.66. The van der Waals surface area contributed by atoms with E-state index in [0.29, 0.717) is 11.1 Å². The zero-order valence-electron chi connectivity index (χ0n) is 18.4. The van der Waals surface area contributed by atoms with E-state index in [1.54, 1.807) is 48.5 Å². The maximum absolute atomic E-state index is 12.7. The van der Waals surface area contributed by atoms with E-state index in [1.165, 1.54) is 44.6 Å². The fourth-order valence-electron chi connectivity index (χ4n) is 2.98. The second-order valence-electron chi connectivity index (χ2n) is 6.83. The minimum Gasteiger partial charge on any atom is -0.493 e. The molecule has 0 bridgehead atoms. The summed E-state index contributed by atoms with van der Waals surface area (Å²) >= 11 is 0. The van der Waals surface area contributed by atoms with E-state index in [1.807, 2.05) is 6.07 Å². The average Bonchev–Trinajstić information content (AvgIpc) is 2.88. The van der Waals surface area contributed by atoms with Gasteiger partial charge in [0.2, 0.25) is 0 Å². The number of hydrogen-bond acceptors (Lipinski definition) is 7. The molecule has 0 saturated heterocycles. The first-order valence-corrected chi connectivity index (χ1v) is 10.0. The molecule has 34 heavy (non-hydrogen) atoms. The Morgan fingerprint density at radius 2 is 1.59 bits per heavy atom. The Labute approximate surface area is 196 Å². The van der Waals surface area contributed by atoms with Gasteiger partial charge in [0.25, 0.3) is 5.91 Å². The van der Waals surface area contributed by atoms with Crippen LogP contribution in [-0.4, -0.2) is 32.1 Å². The molecule has 0 aliphatic rings. The number of methoxy groups -OCH3 is 2. The van der Waals surface area contributed by atoms with Gasteiger partial charge in [-0.25, -0.2) is 9.59 Å². The monoisotopic (exact) mass is 456 g/mol. The SMILES string of the molecule is COC(=O)c1ccccc1NC(=O)/C(C#N)=C\c1ccc(OC(=O)c2ccccc2)c(OC)c1. The molecule has 8 nitrogen and oxygen atoms in total. The molecule has 0 fully saturated rings. The molecule has 3 aromatic rings. The first-order valence-electron chi connectivity index (χ1n) is 10.0. The van der Waals surface area contributed by atoms with E-state index in [4.69, 9.17) is 14.2 Å². The minimum absolute atomic E-state index is 0.155. The van der Waals surface area contributed by atoms with Crippen molar-refractivity contribution in [3.63, 3.8) is 0 Å². The normalized spacial score (nSPS) is 10.6. The molecule has 0 atom stereocenters. The predicted octanol–water partition coefficient (Wildman–Crippen LogP) is 4.25. The Hall–Kier alpha value is -4.90. The fourth-order valence-corrected chi connectivity index (χ4v) is 2.98. The molecule has 1 N–H and O–H groups in total. The number of anilines is 1. The van der Waals surface area contributed by atoms with Gasteiger partial charge in [-0.1, -0.05) is 36.4 Å². The Morgan fingerprint density at radius 1 is 0.882 bits per heavy atom. The standard InChI is InChI=1S/C26H20N2O6/c1-32-23-15-17(12-13-22(23)34-25(30)18-8-4-3-5-9-18)14-19(16-27)24(29)28-21-11-7-6-10-20(21)26(31)33-2/h3-15H,1-2H3,(H,28,29)/b19-14-. The quantitative estimate of drug-likeness (QED) is 0.245. The summed E-state index contributed by atoms with van der Waals surface area (Å²) in [5.41, 5.74) is 0.993. The van der Waals surface area contributed by atoms with Crippen LogP contribution >= 0.6 is 0 Å². The summed E-state index contributed by atoms with van der Waals surface area (Å²) in [6, 6.07) is 21.2. The Balaban J connectivity index is 1.82. The molecule has 0 aromatic heterocycles. The van der Waals surface area contributed by atoms with Crippen molar-refractivity contribution in [1.29, 1.82) is 5.26 Å². The van der Waals surface area contributed by atoms with Crippen molar-refractivity contribution in [2.24, 2.45) is 0 Å². The number of carbonyl (C=O) groups excluding carboxylic acids is 3. The third-order valence-electron chi connectivity index (χ3n) is 4.66. The van der Waals surface area contributed by atoms with Gasteiger partial charge in [0.15, 0.2) is 11.5 Å². The minimum atomic E-state index is -0.711. The van der Waals surface area contributed by atoms with Crippen molar-refractivity contribution >= 4 is 29.6 Å². The van der Waals surface area contributed by atoms with Crippen LogP contribution in [0.25, 0.3) is 6.08 Å². The predicted molar refractivity (Wildman–Crippen MR) is 124 cm³/mol. The van der Waals surface area contributed by atoms with Crippen molar-refractivity contribution in [1.82, 2.24) is 0 Å². The van der Waals surface area contributed by atoms with Crippen molar-refractivity contribution < 1.29 is 28.6 Å². The van der Waals surface area contributed by atoms with Crippen LogP contribution < -0.4 is 14.8 Å². The highest BCUT2D eigenvalue weighted by Gasteiger charge is 2.17. The molecule has 3 rings (SSSR count). The number of esters is 2. The topological polar surface area (TPSA) is 115 Å². The smallest absolute Gasteiger partial charge is 0.343 e. The van der Waals surface area contributed by atoms with Gasteiger partial charge in [-0.2, -0.15) is 5.26 Å². The highest BCUT2D eigenvalue weighted by Crippen LogP contribution is 2.30. The Bertz CT molecular complexity index is 1290. The number of ether oxygens (including phenoxy) is 3. The molecular weight excluding hydrogens is 436 g/mol. The van der Waals surface area contributed by atoms with Crippen LogP contribution in [-0.2, 0) is 9.53 Å².